The van der Waals surface area contributed by atoms with E-state index in [9.17, 15) is 4.79 Å². The van der Waals surface area contributed by atoms with Crippen LogP contribution in [0.25, 0.3) is 27.9 Å². The van der Waals surface area contributed by atoms with Crippen molar-refractivity contribution in [2.45, 2.75) is 45.2 Å². The van der Waals surface area contributed by atoms with Crippen molar-refractivity contribution in [2.75, 3.05) is 13.7 Å². The van der Waals surface area contributed by atoms with Crippen LogP contribution in [0.2, 0.25) is 0 Å². The molecular weight excluding hydrogens is 440 g/mol. The van der Waals surface area contributed by atoms with Crippen molar-refractivity contribution in [3.8, 4) is 17.3 Å². The summed E-state index contributed by atoms with van der Waals surface area (Å²) >= 11 is 0. The summed E-state index contributed by atoms with van der Waals surface area (Å²) in [5.41, 5.74) is 5.14. The third-order valence-corrected chi connectivity index (χ3v) is 9.04. The Morgan fingerprint density at radius 1 is 1.23 bits per heavy atom. The SMILES string of the molecule is COc1nc(C(=O)N2CC3CC4CC2[C@H]43)cn2nc(-c3cc4cccnc4n3CC3CC3)c(C)c12. The Balaban J connectivity index is 1.25. The highest BCUT2D eigenvalue weighted by molar-refractivity contribution is 5.94. The average molecular weight is 469 g/mol. The highest BCUT2D eigenvalue weighted by atomic mass is 16.5. The zero-order valence-corrected chi connectivity index (χ0v) is 20.0. The second-order valence-corrected chi connectivity index (χ2v) is 11.0. The average Bonchev–Trinajstić information content (AvgIpc) is 3.52. The van der Waals surface area contributed by atoms with Gasteiger partial charge in [0.25, 0.3) is 5.91 Å². The molecule has 4 fully saturated rings. The minimum Gasteiger partial charge on any atom is -0.479 e. The lowest BCUT2D eigenvalue weighted by atomic mass is 9.53. The van der Waals surface area contributed by atoms with Crippen molar-refractivity contribution in [3.63, 3.8) is 0 Å². The number of amides is 1. The number of likely N-dealkylation sites (tertiary alicyclic amines) is 1. The molecule has 8 heteroatoms. The van der Waals surface area contributed by atoms with Gasteiger partial charge in [-0.15, -0.1) is 0 Å². The van der Waals surface area contributed by atoms with Crippen LogP contribution >= 0.6 is 0 Å². The molecule has 4 aromatic heterocycles. The van der Waals surface area contributed by atoms with E-state index in [0.29, 0.717) is 29.5 Å². The van der Waals surface area contributed by atoms with Crippen molar-refractivity contribution < 1.29 is 9.53 Å². The highest BCUT2D eigenvalue weighted by Gasteiger charge is 2.62. The lowest BCUT2D eigenvalue weighted by molar-refractivity contribution is -0.0205. The minimum atomic E-state index is 0.00444. The van der Waals surface area contributed by atoms with Crippen molar-refractivity contribution in [2.24, 2.45) is 23.7 Å². The lowest BCUT2D eigenvalue weighted by Crippen LogP contribution is -2.53. The number of aromatic nitrogens is 5. The summed E-state index contributed by atoms with van der Waals surface area (Å²) in [5, 5.41) is 6.11. The predicted molar refractivity (Wildman–Crippen MR) is 130 cm³/mol. The zero-order valence-electron chi connectivity index (χ0n) is 20.0. The van der Waals surface area contributed by atoms with Gasteiger partial charge in [-0.1, -0.05) is 0 Å². The maximum absolute atomic E-state index is 13.5. The molecule has 3 saturated carbocycles. The molecule has 5 heterocycles. The maximum Gasteiger partial charge on any atom is 0.274 e. The summed E-state index contributed by atoms with van der Waals surface area (Å²) in [5.74, 6) is 3.42. The first-order chi connectivity index (χ1) is 17.1. The van der Waals surface area contributed by atoms with Gasteiger partial charge in [0, 0.05) is 36.3 Å². The Bertz CT molecular complexity index is 1530. The third kappa shape index (κ3) is 2.68. The Kier molecular flexibility index (Phi) is 3.87. The van der Waals surface area contributed by atoms with Crippen molar-refractivity contribution in [1.82, 2.24) is 29.0 Å². The molecule has 4 atom stereocenters. The van der Waals surface area contributed by atoms with E-state index >= 15 is 0 Å². The van der Waals surface area contributed by atoms with Crippen LogP contribution in [0.4, 0.5) is 0 Å². The van der Waals surface area contributed by atoms with E-state index in [1.807, 2.05) is 12.3 Å². The molecule has 1 saturated heterocycles. The predicted octanol–water partition coefficient (Wildman–Crippen LogP) is 3.95. The van der Waals surface area contributed by atoms with Crippen molar-refractivity contribution in [3.05, 3.63) is 41.9 Å². The fraction of sp³-hybridized carbons (Fsp3) is 0.481. The summed E-state index contributed by atoms with van der Waals surface area (Å²) in [7, 11) is 1.61. The third-order valence-electron chi connectivity index (χ3n) is 9.04. The first-order valence-corrected chi connectivity index (χ1v) is 12.8. The van der Waals surface area contributed by atoms with Gasteiger partial charge in [-0.2, -0.15) is 5.10 Å². The van der Waals surface area contributed by atoms with Crippen LogP contribution in [0, 0.1) is 30.6 Å². The molecule has 8 rings (SSSR count). The molecule has 0 aromatic carbocycles. The number of methoxy groups -OCH3 is 1. The van der Waals surface area contributed by atoms with Crippen LogP contribution in [0.5, 0.6) is 5.88 Å². The number of carbonyl (C=O) groups is 1. The summed E-state index contributed by atoms with van der Waals surface area (Å²) in [6.45, 7) is 3.87. The summed E-state index contributed by atoms with van der Waals surface area (Å²) in [4.78, 5) is 24.9. The first kappa shape index (κ1) is 19.8. The number of fused-ring (bicyclic) bond motifs is 2. The molecule has 0 N–H and O–H groups in total. The van der Waals surface area contributed by atoms with E-state index in [0.717, 1.165) is 64.8 Å². The van der Waals surface area contributed by atoms with Crippen LogP contribution in [-0.4, -0.2) is 54.7 Å². The highest BCUT2D eigenvalue weighted by Crippen LogP contribution is 2.60. The quantitative estimate of drug-likeness (QED) is 0.443. The Hall–Kier alpha value is -3.42. The molecule has 3 aliphatic carbocycles. The van der Waals surface area contributed by atoms with Gasteiger partial charge in [-0.3, -0.25) is 4.79 Å². The van der Waals surface area contributed by atoms with Crippen LogP contribution < -0.4 is 4.74 Å². The van der Waals surface area contributed by atoms with Gasteiger partial charge in [0.05, 0.1) is 19.0 Å². The Morgan fingerprint density at radius 3 is 2.89 bits per heavy atom. The van der Waals surface area contributed by atoms with Crippen LogP contribution in [0.3, 0.4) is 0 Å². The molecule has 4 aliphatic rings. The standard InChI is InChI=1S/C27H28N6O2/c1-14-23(21-9-16-4-3-7-28-25(16)31(21)11-15-5-6-15)30-33-13-19(29-26(35-2)24(14)33)27(34)32-12-18-8-17-10-20(32)22(17)18/h3-4,7,9,13,15,17-18,20,22H,5-6,8,10-12H2,1-2H3/t17?,18?,20?,22-/m1/s1. The van der Waals surface area contributed by atoms with Gasteiger partial charge in [-0.25, -0.2) is 14.5 Å². The second kappa shape index (κ2) is 6.83. The van der Waals surface area contributed by atoms with Crippen LogP contribution in [-0.2, 0) is 6.54 Å². The minimum absolute atomic E-state index is 0.00444. The van der Waals surface area contributed by atoms with Crippen molar-refractivity contribution in [1.29, 1.82) is 0 Å². The van der Waals surface area contributed by atoms with Gasteiger partial charge in [0.15, 0.2) is 5.69 Å². The number of carbonyl (C=O) groups excluding carboxylic acids is 1. The number of hydrogen-bond donors (Lipinski definition) is 0. The second-order valence-electron chi connectivity index (χ2n) is 11.0. The molecule has 8 nitrogen and oxygen atoms in total. The monoisotopic (exact) mass is 468 g/mol. The number of pyridine rings is 1. The van der Waals surface area contributed by atoms with E-state index in [2.05, 4.69) is 38.5 Å². The van der Waals surface area contributed by atoms with Crippen LogP contribution in [0.15, 0.2) is 30.6 Å². The lowest BCUT2D eigenvalue weighted by Gasteiger charge is -2.52. The fourth-order valence-corrected chi connectivity index (χ4v) is 7.04. The molecular formula is C27H28N6O2. The van der Waals surface area contributed by atoms with Gasteiger partial charge in [0.2, 0.25) is 5.88 Å². The molecule has 0 bridgehead atoms. The number of rotatable bonds is 5. The summed E-state index contributed by atoms with van der Waals surface area (Å²) < 4.78 is 9.81. The number of hydrogen-bond acceptors (Lipinski definition) is 5. The summed E-state index contributed by atoms with van der Waals surface area (Å²) in [6, 6.07) is 6.66. The van der Waals surface area contributed by atoms with Gasteiger partial charge in [0.1, 0.15) is 16.9 Å². The van der Waals surface area contributed by atoms with E-state index in [1.165, 1.54) is 19.3 Å². The largest absolute Gasteiger partial charge is 0.479 e. The normalized spacial score (nSPS) is 26.6. The fourth-order valence-electron chi connectivity index (χ4n) is 7.04. The molecule has 4 aromatic rings. The van der Waals surface area contributed by atoms with E-state index in [4.69, 9.17) is 9.84 Å². The topological polar surface area (TPSA) is 77.6 Å². The molecule has 1 amide bonds. The van der Waals surface area contributed by atoms with Crippen molar-refractivity contribution >= 4 is 22.5 Å². The van der Waals surface area contributed by atoms with E-state index in [1.54, 1.807) is 17.8 Å². The van der Waals surface area contributed by atoms with E-state index in [-0.39, 0.29) is 5.91 Å². The van der Waals surface area contributed by atoms with Gasteiger partial charge >= 0.3 is 0 Å². The van der Waals surface area contributed by atoms with E-state index < -0.39 is 0 Å². The molecule has 178 valence electrons. The molecule has 3 unspecified atom stereocenters. The Labute approximate surface area is 202 Å². The number of aryl methyl sites for hydroxylation is 1. The molecule has 0 radical (unpaired) electrons. The molecule has 0 spiro atoms. The molecule has 35 heavy (non-hydrogen) atoms. The molecule has 1 aliphatic heterocycles. The van der Waals surface area contributed by atoms with Crippen LogP contribution in [0.1, 0.15) is 41.7 Å². The smallest absolute Gasteiger partial charge is 0.274 e. The first-order valence-electron chi connectivity index (χ1n) is 12.8. The number of nitrogens with zero attached hydrogens (tertiary/aromatic N) is 6. The summed E-state index contributed by atoms with van der Waals surface area (Å²) in [6.07, 6.45) is 8.60. The zero-order chi connectivity index (χ0) is 23.4. The maximum atomic E-state index is 13.5. The number of ether oxygens (including phenoxy) is 1. The van der Waals surface area contributed by atoms with Gasteiger partial charge < -0.3 is 14.2 Å². The van der Waals surface area contributed by atoms with Gasteiger partial charge in [-0.05, 0) is 74.5 Å². The Morgan fingerprint density at radius 2 is 2.11 bits per heavy atom.